The summed E-state index contributed by atoms with van der Waals surface area (Å²) >= 11 is 0. The Labute approximate surface area is 72.6 Å². The Morgan fingerprint density at radius 3 is 1.22 bits per heavy atom. The van der Waals surface area contributed by atoms with Gasteiger partial charge in [0.25, 0.3) is 0 Å². The molecule has 0 rings (SSSR count). The van der Waals surface area contributed by atoms with Crippen molar-refractivity contribution in [2.24, 2.45) is 0 Å². The van der Waals surface area contributed by atoms with E-state index in [-0.39, 0.29) is 25.8 Å². The van der Waals surface area contributed by atoms with Crippen molar-refractivity contribution in [3.8, 4) is 0 Å². The van der Waals surface area contributed by atoms with E-state index in [0.717, 1.165) is 6.71 Å². The molecule has 0 aromatic rings. The molecule has 0 spiro atoms. The molecule has 0 unspecified atom stereocenters. The average molecular weight is 124 g/mol. The molecule has 0 aliphatic rings. The SMILES string of the molecule is CCB(CC)CC.O.[H-].[Li+]. The van der Waals surface area contributed by atoms with Gasteiger partial charge in [-0.25, -0.2) is 0 Å². The maximum absolute atomic E-state index is 2.26. The molecular formula is C6H18BLiO. The molecule has 52 valence electrons. The molecule has 0 aromatic carbocycles. The molecule has 9 heavy (non-hydrogen) atoms. The molecule has 0 bridgehead atoms. The van der Waals surface area contributed by atoms with E-state index in [2.05, 4.69) is 20.8 Å². The van der Waals surface area contributed by atoms with Crippen LogP contribution in [0.5, 0.6) is 0 Å². The minimum atomic E-state index is 0. The molecule has 0 aromatic heterocycles. The van der Waals surface area contributed by atoms with Crippen LogP contribution in [-0.2, 0) is 0 Å². The molecule has 2 N–H and O–H groups in total. The van der Waals surface area contributed by atoms with Gasteiger partial charge in [-0.05, 0) is 0 Å². The Morgan fingerprint density at radius 1 is 1.00 bits per heavy atom. The molecule has 0 saturated heterocycles. The fourth-order valence-electron chi connectivity index (χ4n) is 0.866. The third kappa shape index (κ3) is 8.62. The van der Waals surface area contributed by atoms with Gasteiger partial charge in [0.1, 0.15) is 6.71 Å². The molecule has 0 fully saturated rings. The van der Waals surface area contributed by atoms with Crippen LogP contribution in [-0.4, -0.2) is 12.2 Å². The monoisotopic (exact) mass is 124 g/mol. The van der Waals surface area contributed by atoms with Gasteiger partial charge in [-0.3, -0.25) is 0 Å². The molecule has 1 nitrogen and oxygen atoms in total. The van der Waals surface area contributed by atoms with E-state index in [1.54, 1.807) is 0 Å². The number of hydrogen-bond acceptors (Lipinski definition) is 0. The summed E-state index contributed by atoms with van der Waals surface area (Å²) < 4.78 is 0. The molecule has 3 heteroatoms. The Balaban J connectivity index is -0.0000000600. The van der Waals surface area contributed by atoms with Crippen molar-refractivity contribution in [2.45, 2.75) is 39.7 Å². The summed E-state index contributed by atoms with van der Waals surface area (Å²) in [6.07, 6.45) is 4.06. The summed E-state index contributed by atoms with van der Waals surface area (Å²) in [5.74, 6) is 0. The summed E-state index contributed by atoms with van der Waals surface area (Å²) in [6, 6.07) is 0. The van der Waals surface area contributed by atoms with Crippen molar-refractivity contribution in [3.05, 3.63) is 0 Å². The van der Waals surface area contributed by atoms with Crippen molar-refractivity contribution < 1.29 is 25.8 Å². The smallest absolute Gasteiger partial charge is 1.00 e. The largest absolute Gasteiger partial charge is 1.00 e. The van der Waals surface area contributed by atoms with Gasteiger partial charge in [-0.15, -0.1) is 0 Å². The van der Waals surface area contributed by atoms with Gasteiger partial charge in [-0.1, -0.05) is 39.7 Å². The van der Waals surface area contributed by atoms with E-state index in [9.17, 15) is 0 Å². The molecule has 0 aliphatic carbocycles. The van der Waals surface area contributed by atoms with Crippen molar-refractivity contribution >= 4 is 6.71 Å². The third-order valence-electron chi connectivity index (χ3n) is 1.73. The Morgan fingerprint density at radius 2 is 1.22 bits per heavy atom. The minimum Gasteiger partial charge on any atom is -1.00 e. The molecule has 0 saturated carbocycles. The summed E-state index contributed by atoms with van der Waals surface area (Å²) in [4.78, 5) is 0. The van der Waals surface area contributed by atoms with Crippen molar-refractivity contribution in [3.63, 3.8) is 0 Å². The number of rotatable bonds is 3. The Kier molecular flexibility index (Phi) is 20.7. The van der Waals surface area contributed by atoms with Crippen LogP contribution in [0.2, 0.25) is 19.0 Å². The normalized spacial score (nSPS) is 7.00. The van der Waals surface area contributed by atoms with E-state index in [4.69, 9.17) is 0 Å². The first-order valence-corrected chi connectivity index (χ1v) is 3.35. The maximum atomic E-state index is 2.26. The predicted molar refractivity (Wildman–Crippen MR) is 41.9 cm³/mol. The summed E-state index contributed by atoms with van der Waals surface area (Å²) in [5, 5.41) is 0. The van der Waals surface area contributed by atoms with Crippen LogP contribution in [0.1, 0.15) is 22.2 Å². The van der Waals surface area contributed by atoms with Crippen LogP contribution < -0.4 is 18.9 Å². The van der Waals surface area contributed by atoms with Gasteiger partial charge in [0.2, 0.25) is 0 Å². The van der Waals surface area contributed by atoms with Crippen molar-refractivity contribution in [2.75, 3.05) is 0 Å². The molecular weight excluding hydrogens is 106 g/mol. The third-order valence-corrected chi connectivity index (χ3v) is 1.73. The van der Waals surface area contributed by atoms with Gasteiger partial charge < -0.3 is 6.90 Å². The summed E-state index contributed by atoms with van der Waals surface area (Å²) in [5.41, 5.74) is 0. The second kappa shape index (κ2) is 11.4. The minimum absolute atomic E-state index is 0. The van der Waals surface area contributed by atoms with Crippen LogP contribution in [0, 0.1) is 0 Å². The zero-order valence-corrected chi connectivity index (χ0v) is 7.20. The Hall–Kier alpha value is 0.622. The van der Waals surface area contributed by atoms with Crippen LogP contribution in [0.15, 0.2) is 0 Å². The molecule has 0 atom stereocenters. The average Bonchev–Trinajstić information content (AvgIpc) is 1.72. The van der Waals surface area contributed by atoms with Crippen LogP contribution in [0.3, 0.4) is 0 Å². The maximum Gasteiger partial charge on any atom is 1.00 e. The fourth-order valence-corrected chi connectivity index (χ4v) is 0.866. The van der Waals surface area contributed by atoms with E-state index >= 15 is 0 Å². The molecule has 0 aliphatic heterocycles. The standard InChI is InChI=1S/C6H15B.Li.H2O.H/c1-4-7(5-2)6-3;;;/h4-6H2,1-3H3;;1H2;/q;+1;;-1. The zero-order chi connectivity index (χ0) is 5.70. The van der Waals surface area contributed by atoms with E-state index in [0.29, 0.717) is 0 Å². The zero-order valence-electron chi connectivity index (χ0n) is 8.20. The van der Waals surface area contributed by atoms with Crippen LogP contribution >= 0.6 is 0 Å². The first-order valence-electron chi connectivity index (χ1n) is 3.35. The molecule has 0 amide bonds. The molecule has 0 radical (unpaired) electrons. The summed E-state index contributed by atoms with van der Waals surface area (Å²) in [6.45, 7) is 7.77. The van der Waals surface area contributed by atoms with Gasteiger partial charge in [-0.2, -0.15) is 0 Å². The second-order valence-corrected chi connectivity index (χ2v) is 2.09. The van der Waals surface area contributed by atoms with Crippen molar-refractivity contribution in [1.82, 2.24) is 0 Å². The fraction of sp³-hybridized carbons (Fsp3) is 1.00. The quantitative estimate of drug-likeness (QED) is 0.424. The Bertz CT molecular complexity index is 39.2. The topological polar surface area (TPSA) is 31.5 Å². The first-order chi connectivity index (χ1) is 3.35. The van der Waals surface area contributed by atoms with Crippen molar-refractivity contribution in [1.29, 1.82) is 0 Å². The molecule has 0 heterocycles. The van der Waals surface area contributed by atoms with Gasteiger partial charge in [0.15, 0.2) is 0 Å². The first kappa shape index (κ1) is 16.3. The van der Waals surface area contributed by atoms with E-state index in [1.165, 1.54) is 19.0 Å². The summed E-state index contributed by atoms with van der Waals surface area (Å²) in [7, 11) is 0. The van der Waals surface area contributed by atoms with Gasteiger partial charge >= 0.3 is 18.9 Å². The predicted octanol–water partition coefficient (Wildman–Crippen LogP) is -1.17. The van der Waals surface area contributed by atoms with Gasteiger partial charge in [0, 0.05) is 0 Å². The number of hydrogen-bond donors (Lipinski definition) is 0. The van der Waals surface area contributed by atoms with Crippen LogP contribution in [0.4, 0.5) is 0 Å². The van der Waals surface area contributed by atoms with Crippen LogP contribution in [0.25, 0.3) is 0 Å². The van der Waals surface area contributed by atoms with E-state index < -0.39 is 0 Å². The van der Waals surface area contributed by atoms with E-state index in [1.807, 2.05) is 0 Å². The van der Waals surface area contributed by atoms with Gasteiger partial charge in [0.05, 0.1) is 0 Å². The second-order valence-electron chi connectivity index (χ2n) is 2.09.